The summed E-state index contributed by atoms with van der Waals surface area (Å²) in [6.45, 7) is 4.38. The van der Waals surface area contributed by atoms with Crippen LogP contribution in [0, 0.1) is 0 Å². The maximum Gasteiger partial charge on any atom is 0.254 e. The van der Waals surface area contributed by atoms with Crippen LogP contribution in [0.3, 0.4) is 0 Å². The van der Waals surface area contributed by atoms with Gasteiger partial charge in [-0.15, -0.1) is 10.2 Å². The Morgan fingerprint density at radius 2 is 1.84 bits per heavy atom. The predicted octanol–water partition coefficient (Wildman–Crippen LogP) is 2.77. The second-order valence-electron chi connectivity index (χ2n) is 7.80. The molecule has 8 nitrogen and oxygen atoms in total. The van der Waals surface area contributed by atoms with Crippen molar-refractivity contribution in [3.05, 3.63) is 66.0 Å². The Morgan fingerprint density at radius 3 is 2.61 bits per heavy atom. The van der Waals surface area contributed by atoms with Crippen LogP contribution in [0.1, 0.15) is 23.1 Å². The second-order valence-corrected chi connectivity index (χ2v) is 7.80. The number of amides is 1. The van der Waals surface area contributed by atoms with E-state index in [2.05, 4.69) is 22.0 Å². The fraction of sp³-hybridized carbons (Fsp3) is 0.304. The first kappa shape index (κ1) is 19.4. The molecule has 0 radical (unpaired) electrons. The normalized spacial score (nSPS) is 16.9. The number of para-hydroxylation sites is 1. The number of aromatic nitrogens is 4. The maximum absolute atomic E-state index is 13.0. The van der Waals surface area contributed by atoms with Gasteiger partial charge in [0.25, 0.3) is 5.91 Å². The summed E-state index contributed by atoms with van der Waals surface area (Å²) in [7, 11) is 1.64. The van der Waals surface area contributed by atoms with Crippen LogP contribution in [-0.2, 0) is 11.3 Å². The largest absolute Gasteiger partial charge is 0.377 e. The van der Waals surface area contributed by atoms with Gasteiger partial charge in [0, 0.05) is 43.7 Å². The molecule has 158 valence electrons. The number of anilines is 1. The molecule has 2 aromatic carbocycles. The first-order chi connectivity index (χ1) is 15.2. The molecule has 2 aromatic heterocycles. The van der Waals surface area contributed by atoms with E-state index < -0.39 is 0 Å². The third-order valence-electron chi connectivity index (χ3n) is 5.76. The van der Waals surface area contributed by atoms with Crippen molar-refractivity contribution in [2.24, 2.45) is 0 Å². The van der Waals surface area contributed by atoms with Gasteiger partial charge in [-0.3, -0.25) is 4.79 Å². The summed E-state index contributed by atoms with van der Waals surface area (Å²) in [6, 6.07) is 17.4. The molecule has 5 rings (SSSR count). The van der Waals surface area contributed by atoms with E-state index in [1.165, 1.54) is 0 Å². The molecule has 31 heavy (non-hydrogen) atoms. The molecule has 8 heteroatoms. The Morgan fingerprint density at radius 1 is 1.06 bits per heavy atom. The van der Waals surface area contributed by atoms with Crippen LogP contribution in [-0.4, -0.2) is 63.2 Å². The van der Waals surface area contributed by atoms with E-state index in [1.54, 1.807) is 7.11 Å². The molecule has 1 unspecified atom stereocenters. The predicted molar refractivity (Wildman–Crippen MR) is 118 cm³/mol. The van der Waals surface area contributed by atoms with Crippen molar-refractivity contribution in [3.8, 4) is 0 Å². The lowest BCUT2D eigenvalue weighted by Gasteiger charge is -2.40. The number of carbonyl (C=O) groups is 1. The molecule has 0 N–H and O–H groups in total. The van der Waals surface area contributed by atoms with Gasteiger partial charge < -0.3 is 14.5 Å². The van der Waals surface area contributed by atoms with Gasteiger partial charge in [0.1, 0.15) is 6.61 Å². The van der Waals surface area contributed by atoms with E-state index >= 15 is 0 Å². The van der Waals surface area contributed by atoms with Crippen LogP contribution >= 0.6 is 0 Å². The minimum atomic E-state index is 0.0344. The third-order valence-corrected chi connectivity index (χ3v) is 5.76. The quantitative estimate of drug-likeness (QED) is 0.509. The fourth-order valence-electron chi connectivity index (χ4n) is 4.24. The highest BCUT2D eigenvalue weighted by Crippen LogP contribution is 2.26. The highest BCUT2D eigenvalue weighted by Gasteiger charge is 2.30. The van der Waals surface area contributed by atoms with Gasteiger partial charge in [-0.25, -0.2) is 9.38 Å². The van der Waals surface area contributed by atoms with Gasteiger partial charge >= 0.3 is 0 Å². The van der Waals surface area contributed by atoms with Crippen molar-refractivity contribution >= 4 is 28.4 Å². The number of hydrogen-bond acceptors (Lipinski definition) is 6. The Kier molecular flexibility index (Phi) is 4.99. The van der Waals surface area contributed by atoms with Gasteiger partial charge in [-0.2, -0.15) is 0 Å². The summed E-state index contributed by atoms with van der Waals surface area (Å²) in [6.07, 6.45) is 0. The van der Waals surface area contributed by atoms with Crippen molar-refractivity contribution in [1.29, 1.82) is 0 Å². The van der Waals surface area contributed by atoms with Crippen molar-refractivity contribution in [3.63, 3.8) is 0 Å². The van der Waals surface area contributed by atoms with Crippen molar-refractivity contribution in [2.75, 3.05) is 31.6 Å². The fourth-order valence-corrected chi connectivity index (χ4v) is 4.24. The molecule has 1 aliphatic rings. The van der Waals surface area contributed by atoms with Crippen molar-refractivity contribution in [1.82, 2.24) is 24.5 Å². The van der Waals surface area contributed by atoms with Crippen LogP contribution in [0.15, 0.2) is 54.6 Å². The summed E-state index contributed by atoms with van der Waals surface area (Å²) in [4.78, 5) is 22.1. The lowest BCUT2D eigenvalue weighted by Crippen LogP contribution is -2.54. The summed E-state index contributed by atoms with van der Waals surface area (Å²) in [5.41, 5.74) is 2.36. The standard InChI is InChI=1S/C23H24N6O2/c1-16-14-27(12-13-28(16)22(30)17-8-4-3-5-9-17)23-24-19-11-7-6-10-18(19)21-26-25-20(15-31-2)29(21)23/h3-11,16H,12-15H2,1-2H3. The summed E-state index contributed by atoms with van der Waals surface area (Å²) < 4.78 is 7.32. The van der Waals surface area contributed by atoms with E-state index in [0.29, 0.717) is 32.1 Å². The Hall–Kier alpha value is -3.52. The molecule has 0 aliphatic carbocycles. The number of carbonyl (C=O) groups excluding carboxylic acids is 1. The summed E-state index contributed by atoms with van der Waals surface area (Å²) in [5.74, 6) is 1.55. The lowest BCUT2D eigenvalue weighted by molar-refractivity contribution is 0.0673. The van der Waals surface area contributed by atoms with Gasteiger partial charge in [0.2, 0.25) is 5.95 Å². The van der Waals surface area contributed by atoms with E-state index in [0.717, 1.165) is 28.1 Å². The van der Waals surface area contributed by atoms with Gasteiger partial charge in [0.05, 0.1) is 5.52 Å². The van der Waals surface area contributed by atoms with Crippen LogP contribution in [0.25, 0.3) is 16.6 Å². The molecule has 0 spiro atoms. The molecule has 0 saturated carbocycles. The summed E-state index contributed by atoms with van der Waals surface area (Å²) >= 11 is 0. The van der Waals surface area contributed by atoms with E-state index in [4.69, 9.17) is 9.72 Å². The average molecular weight is 416 g/mol. The highest BCUT2D eigenvalue weighted by atomic mass is 16.5. The van der Waals surface area contributed by atoms with E-state index in [1.807, 2.05) is 63.9 Å². The zero-order chi connectivity index (χ0) is 21.4. The molecule has 1 aliphatic heterocycles. The highest BCUT2D eigenvalue weighted by molar-refractivity contribution is 5.95. The van der Waals surface area contributed by atoms with Crippen molar-refractivity contribution < 1.29 is 9.53 Å². The zero-order valence-electron chi connectivity index (χ0n) is 17.6. The van der Waals surface area contributed by atoms with Crippen molar-refractivity contribution in [2.45, 2.75) is 19.6 Å². The van der Waals surface area contributed by atoms with Gasteiger partial charge in [0.15, 0.2) is 11.5 Å². The van der Waals surface area contributed by atoms with E-state index in [9.17, 15) is 4.79 Å². The molecule has 1 saturated heterocycles. The third kappa shape index (κ3) is 3.38. The van der Waals surface area contributed by atoms with E-state index in [-0.39, 0.29) is 11.9 Å². The molecule has 1 fully saturated rings. The Balaban J connectivity index is 1.51. The van der Waals surface area contributed by atoms with Crippen LogP contribution < -0.4 is 4.90 Å². The molecule has 3 heterocycles. The second kappa shape index (κ2) is 7.96. The Labute approximate surface area is 180 Å². The lowest BCUT2D eigenvalue weighted by atomic mass is 10.1. The van der Waals surface area contributed by atoms with Crippen LogP contribution in [0.4, 0.5) is 5.95 Å². The maximum atomic E-state index is 13.0. The SMILES string of the molecule is COCc1nnc2c3ccccc3nc(N3CCN(C(=O)c4ccccc4)C(C)C3)n12. The zero-order valence-corrected chi connectivity index (χ0v) is 17.6. The average Bonchev–Trinajstić information content (AvgIpc) is 3.23. The number of ether oxygens (including phenoxy) is 1. The molecular formula is C23H24N6O2. The number of piperazine rings is 1. The number of nitrogens with zero attached hydrogens (tertiary/aromatic N) is 6. The van der Waals surface area contributed by atoms with Crippen LogP contribution in [0.5, 0.6) is 0 Å². The molecule has 1 atom stereocenters. The summed E-state index contributed by atoms with van der Waals surface area (Å²) in [5, 5.41) is 9.72. The first-order valence-corrected chi connectivity index (χ1v) is 10.4. The number of fused-ring (bicyclic) bond motifs is 3. The monoisotopic (exact) mass is 416 g/mol. The number of methoxy groups -OCH3 is 1. The smallest absolute Gasteiger partial charge is 0.254 e. The first-order valence-electron chi connectivity index (χ1n) is 10.4. The topological polar surface area (TPSA) is 75.9 Å². The number of hydrogen-bond donors (Lipinski definition) is 0. The van der Waals surface area contributed by atoms with Gasteiger partial charge in [-0.05, 0) is 31.2 Å². The number of rotatable bonds is 4. The van der Waals surface area contributed by atoms with Crippen LogP contribution in [0.2, 0.25) is 0 Å². The Bertz CT molecular complexity index is 1240. The minimum absolute atomic E-state index is 0.0344. The molecule has 1 amide bonds. The molecule has 0 bridgehead atoms. The van der Waals surface area contributed by atoms with Gasteiger partial charge in [-0.1, -0.05) is 30.3 Å². The number of benzene rings is 2. The molecular weight excluding hydrogens is 392 g/mol. The molecule has 4 aromatic rings. The minimum Gasteiger partial charge on any atom is -0.377 e.